The summed E-state index contributed by atoms with van der Waals surface area (Å²) < 4.78 is 0. The highest BCUT2D eigenvalue weighted by atomic mass is 15.4. The van der Waals surface area contributed by atoms with E-state index in [4.69, 9.17) is 11.6 Å². The van der Waals surface area contributed by atoms with E-state index in [1.165, 1.54) is 5.01 Å². The van der Waals surface area contributed by atoms with Crippen molar-refractivity contribution in [2.45, 2.75) is 20.3 Å². The number of allylic oxidation sites excluding steroid dienone is 2. The van der Waals surface area contributed by atoms with Crippen LogP contribution in [0.2, 0.25) is 0 Å². The number of nitrogens with two attached hydrogens (primary N) is 2. The number of nitrogens with zero attached hydrogens (tertiary/aromatic N) is 1. The Kier molecular flexibility index (Phi) is 4.14. The van der Waals surface area contributed by atoms with Crippen molar-refractivity contribution in [3.8, 4) is 0 Å². The largest absolute Gasteiger partial charge is 0.384 e. The van der Waals surface area contributed by atoms with E-state index in [0.29, 0.717) is 5.82 Å². The van der Waals surface area contributed by atoms with E-state index in [1.54, 1.807) is 0 Å². The molecule has 1 aromatic rings. The van der Waals surface area contributed by atoms with Crippen LogP contribution in [0.1, 0.15) is 20.3 Å². The molecule has 0 bridgehead atoms. The van der Waals surface area contributed by atoms with Crippen LogP contribution >= 0.6 is 0 Å². The monoisotopic (exact) mass is 217 g/mol. The van der Waals surface area contributed by atoms with Crippen molar-refractivity contribution >= 4 is 5.69 Å². The normalized spacial score (nSPS) is 11.9. The smallest absolute Gasteiger partial charge is 0.121 e. The van der Waals surface area contributed by atoms with Crippen LogP contribution in [0.25, 0.3) is 0 Å². The molecule has 16 heavy (non-hydrogen) atoms. The van der Waals surface area contributed by atoms with Gasteiger partial charge in [0.15, 0.2) is 0 Å². The van der Waals surface area contributed by atoms with Crippen molar-refractivity contribution < 1.29 is 0 Å². The van der Waals surface area contributed by atoms with Crippen LogP contribution in [0.5, 0.6) is 0 Å². The third-order valence-corrected chi connectivity index (χ3v) is 2.64. The number of hydrogen-bond acceptors (Lipinski definition) is 3. The van der Waals surface area contributed by atoms with Gasteiger partial charge in [-0.2, -0.15) is 0 Å². The van der Waals surface area contributed by atoms with Gasteiger partial charge in [0.25, 0.3) is 0 Å². The van der Waals surface area contributed by atoms with Crippen molar-refractivity contribution in [1.82, 2.24) is 0 Å². The van der Waals surface area contributed by atoms with Gasteiger partial charge in [-0.25, -0.2) is 5.84 Å². The van der Waals surface area contributed by atoms with Crippen LogP contribution in [-0.4, -0.2) is 0 Å². The van der Waals surface area contributed by atoms with E-state index in [0.717, 1.165) is 23.3 Å². The molecule has 1 rings (SSSR count). The molecule has 0 spiro atoms. The van der Waals surface area contributed by atoms with E-state index >= 15 is 0 Å². The standard InChI is InChI=1S/C13H19N3/c1-4-10(2)11(3)13(14)16(15)12-8-6-5-7-9-12/h5-9H,2,4,14-15H2,1,3H3/b13-11-. The van der Waals surface area contributed by atoms with Crippen LogP contribution < -0.4 is 16.6 Å². The first-order valence-corrected chi connectivity index (χ1v) is 5.32. The Morgan fingerprint density at radius 2 is 1.88 bits per heavy atom. The molecule has 0 saturated heterocycles. The topological polar surface area (TPSA) is 55.3 Å². The lowest BCUT2D eigenvalue weighted by molar-refractivity contribution is 0.940. The van der Waals surface area contributed by atoms with Gasteiger partial charge in [-0.05, 0) is 36.6 Å². The van der Waals surface area contributed by atoms with Crippen molar-refractivity contribution in [2.24, 2.45) is 11.6 Å². The predicted molar refractivity (Wildman–Crippen MR) is 69.4 cm³/mol. The van der Waals surface area contributed by atoms with Crippen LogP contribution in [0.15, 0.2) is 53.9 Å². The fraction of sp³-hybridized carbons (Fsp3) is 0.231. The summed E-state index contributed by atoms with van der Waals surface area (Å²) in [6, 6.07) is 9.61. The predicted octanol–water partition coefficient (Wildman–Crippen LogP) is 2.52. The summed E-state index contributed by atoms with van der Waals surface area (Å²) in [7, 11) is 0. The van der Waals surface area contributed by atoms with Crippen LogP contribution in [0.4, 0.5) is 5.69 Å². The quantitative estimate of drug-likeness (QED) is 0.463. The highest BCUT2D eigenvalue weighted by Gasteiger charge is 2.08. The summed E-state index contributed by atoms with van der Waals surface area (Å²) >= 11 is 0. The Balaban J connectivity index is 2.98. The molecule has 0 fully saturated rings. The fourth-order valence-electron chi connectivity index (χ4n) is 1.35. The highest BCUT2D eigenvalue weighted by Crippen LogP contribution is 2.18. The van der Waals surface area contributed by atoms with Gasteiger partial charge in [0.1, 0.15) is 5.82 Å². The maximum absolute atomic E-state index is 5.99. The highest BCUT2D eigenvalue weighted by molar-refractivity contribution is 5.51. The van der Waals surface area contributed by atoms with Gasteiger partial charge >= 0.3 is 0 Å². The van der Waals surface area contributed by atoms with E-state index in [2.05, 4.69) is 6.58 Å². The molecule has 0 aromatic heterocycles. The van der Waals surface area contributed by atoms with Crippen molar-refractivity contribution in [1.29, 1.82) is 0 Å². The summed E-state index contributed by atoms with van der Waals surface area (Å²) in [4.78, 5) is 0. The maximum Gasteiger partial charge on any atom is 0.121 e. The number of benzene rings is 1. The van der Waals surface area contributed by atoms with E-state index < -0.39 is 0 Å². The Morgan fingerprint density at radius 1 is 1.31 bits per heavy atom. The molecule has 3 heteroatoms. The molecule has 3 nitrogen and oxygen atoms in total. The molecular weight excluding hydrogens is 198 g/mol. The molecule has 0 heterocycles. The first-order valence-electron chi connectivity index (χ1n) is 5.32. The lowest BCUT2D eigenvalue weighted by Crippen LogP contribution is -2.35. The van der Waals surface area contributed by atoms with Gasteiger partial charge in [0, 0.05) is 0 Å². The summed E-state index contributed by atoms with van der Waals surface area (Å²) in [6.07, 6.45) is 0.870. The summed E-state index contributed by atoms with van der Waals surface area (Å²) in [6.45, 7) is 7.93. The van der Waals surface area contributed by atoms with Gasteiger partial charge in [-0.1, -0.05) is 31.7 Å². The van der Waals surface area contributed by atoms with Crippen molar-refractivity contribution in [3.63, 3.8) is 0 Å². The fourth-order valence-corrected chi connectivity index (χ4v) is 1.35. The second kappa shape index (κ2) is 5.37. The summed E-state index contributed by atoms with van der Waals surface area (Å²) in [5.41, 5.74) is 8.80. The zero-order valence-corrected chi connectivity index (χ0v) is 9.90. The molecule has 0 radical (unpaired) electrons. The number of rotatable bonds is 4. The average Bonchev–Trinajstić information content (AvgIpc) is 2.36. The molecule has 0 amide bonds. The molecular formula is C13H19N3. The summed E-state index contributed by atoms with van der Waals surface area (Å²) in [5.74, 6) is 6.48. The van der Waals surface area contributed by atoms with Gasteiger partial charge < -0.3 is 5.73 Å². The van der Waals surface area contributed by atoms with E-state index in [-0.39, 0.29) is 0 Å². The lowest BCUT2D eigenvalue weighted by atomic mass is 10.1. The number of para-hydroxylation sites is 1. The minimum atomic E-state index is 0.540. The first kappa shape index (κ1) is 12.3. The van der Waals surface area contributed by atoms with Gasteiger partial charge in [-0.15, -0.1) is 0 Å². The molecule has 0 aliphatic heterocycles. The van der Waals surface area contributed by atoms with Gasteiger partial charge in [-0.3, -0.25) is 5.01 Å². The summed E-state index contributed by atoms with van der Waals surface area (Å²) in [5, 5.41) is 1.48. The first-order chi connectivity index (χ1) is 7.57. The third kappa shape index (κ3) is 2.64. The molecule has 4 N–H and O–H groups in total. The third-order valence-electron chi connectivity index (χ3n) is 2.64. The Hall–Kier alpha value is -1.74. The Bertz CT molecular complexity index is 393. The Morgan fingerprint density at radius 3 is 2.38 bits per heavy atom. The molecule has 0 saturated carbocycles. The SMILES string of the molecule is C=C(CC)/C(C)=C(/N)N(N)c1ccccc1. The van der Waals surface area contributed by atoms with Crippen LogP contribution in [0.3, 0.4) is 0 Å². The molecule has 86 valence electrons. The zero-order valence-electron chi connectivity index (χ0n) is 9.90. The molecule has 0 aliphatic carbocycles. The average molecular weight is 217 g/mol. The van der Waals surface area contributed by atoms with Gasteiger partial charge in [0.2, 0.25) is 0 Å². The van der Waals surface area contributed by atoms with Crippen molar-refractivity contribution in [3.05, 3.63) is 53.9 Å². The lowest BCUT2D eigenvalue weighted by Gasteiger charge is -2.21. The minimum absolute atomic E-state index is 0.540. The minimum Gasteiger partial charge on any atom is -0.384 e. The van der Waals surface area contributed by atoms with Gasteiger partial charge in [0.05, 0.1) is 5.69 Å². The zero-order chi connectivity index (χ0) is 12.1. The Labute approximate surface area is 97.0 Å². The second-order valence-electron chi connectivity index (χ2n) is 3.67. The number of hydrazine groups is 1. The van der Waals surface area contributed by atoms with Crippen LogP contribution in [-0.2, 0) is 0 Å². The molecule has 0 unspecified atom stereocenters. The molecule has 0 aliphatic rings. The number of anilines is 1. The maximum atomic E-state index is 5.99. The van der Waals surface area contributed by atoms with Crippen molar-refractivity contribution in [2.75, 3.05) is 5.01 Å². The molecule has 0 atom stereocenters. The number of hydrogen-bond donors (Lipinski definition) is 2. The van der Waals surface area contributed by atoms with E-state index in [1.807, 2.05) is 44.2 Å². The second-order valence-corrected chi connectivity index (χ2v) is 3.67. The van der Waals surface area contributed by atoms with E-state index in [9.17, 15) is 0 Å². The van der Waals surface area contributed by atoms with Crippen LogP contribution in [0, 0.1) is 0 Å². The molecule has 1 aromatic carbocycles.